The second-order valence-electron chi connectivity index (χ2n) is 8.05. The zero-order valence-corrected chi connectivity index (χ0v) is 17.9. The molecule has 1 saturated heterocycles. The number of likely N-dealkylation sites (N-methyl/N-ethyl adjacent to an activating group) is 2. The van der Waals surface area contributed by atoms with Crippen molar-refractivity contribution in [1.82, 2.24) is 14.7 Å². The number of rotatable bonds is 6. The molecule has 2 aromatic carbocycles. The molecule has 0 saturated carbocycles. The van der Waals surface area contributed by atoms with Crippen LogP contribution < -0.4 is 9.47 Å². The van der Waals surface area contributed by atoms with Crippen LogP contribution in [0.15, 0.2) is 48.5 Å². The summed E-state index contributed by atoms with van der Waals surface area (Å²) in [6.45, 7) is 7.68. The molecular weight excluding hydrogens is 378 g/mol. The van der Waals surface area contributed by atoms with Crippen LogP contribution in [0, 0.1) is 0 Å². The number of amides is 1. The Labute approximate surface area is 179 Å². The fourth-order valence-electron chi connectivity index (χ4n) is 4.19. The molecule has 0 aliphatic carbocycles. The Bertz CT molecular complexity index is 858. The van der Waals surface area contributed by atoms with Crippen LogP contribution in [-0.4, -0.2) is 73.6 Å². The minimum absolute atomic E-state index is 0.165. The second kappa shape index (κ2) is 9.49. The molecule has 2 aliphatic rings. The molecule has 30 heavy (non-hydrogen) atoms. The van der Waals surface area contributed by atoms with Crippen LogP contribution in [0.2, 0.25) is 0 Å². The number of fused-ring (bicyclic) bond motifs is 1. The summed E-state index contributed by atoms with van der Waals surface area (Å²) in [5.74, 6) is 1.71. The van der Waals surface area contributed by atoms with Crippen molar-refractivity contribution in [2.45, 2.75) is 19.5 Å². The maximum Gasteiger partial charge on any atom is 0.237 e. The highest BCUT2D eigenvalue weighted by molar-refractivity contribution is 5.78. The molecule has 6 nitrogen and oxygen atoms in total. The summed E-state index contributed by atoms with van der Waals surface area (Å²) < 4.78 is 11.3. The van der Waals surface area contributed by atoms with Gasteiger partial charge in [-0.1, -0.05) is 36.4 Å². The molecule has 160 valence electrons. The maximum absolute atomic E-state index is 13.2. The van der Waals surface area contributed by atoms with Gasteiger partial charge in [0.2, 0.25) is 5.91 Å². The van der Waals surface area contributed by atoms with Gasteiger partial charge in [-0.15, -0.1) is 0 Å². The maximum atomic E-state index is 13.2. The van der Waals surface area contributed by atoms with Crippen LogP contribution in [0.25, 0.3) is 0 Å². The van der Waals surface area contributed by atoms with Crippen molar-refractivity contribution in [3.63, 3.8) is 0 Å². The largest absolute Gasteiger partial charge is 0.486 e. The van der Waals surface area contributed by atoms with Gasteiger partial charge in [0.25, 0.3) is 0 Å². The van der Waals surface area contributed by atoms with E-state index in [1.807, 2.05) is 36.1 Å². The van der Waals surface area contributed by atoms with E-state index >= 15 is 0 Å². The molecule has 6 heteroatoms. The summed E-state index contributed by atoms with van der Waals surface area (Å²) >= 11 is 0. The average molecular weight is 410 g/mol. The van der Waals surface area contributed by atoms with Gasteiger partial charge in [-0.2, -0.15) is 0 Å². The Morgan fingerprint density at radius 2 is 1.83 bits per heavy atom. The minimum Gasteiger partial charge on any atom is -0.486 e. The first-order chi connectivity index (χ1) is 14.6. The molecule has 1 unspecified atom stereocenters. The Kier molecular flexibility index (Phi) is 6.55. The topological polar surface area (TPSA) is 45.3 Å². The molecule has 2 aliphatic heterocycles. The molecule has 2 aromatic rings. The van der Waals surface area contributed by atoms with E-state index in [1.165, 1.54) is 5.56 Å². The van der Waals surface area contributed by atoms with Crippen LogP contribution in [0.4, 0.5) is 0 Å². The fourth-order valence-corrected chi connectivity index (χ4v) is 4.19. The summed E-state index contributed by atoms with van der Waals surface area (Å²) in [6, 6.07) is 16.7. The lowest BCUT2D eigenvalue weighted by Crippen LogP contribution is -2.50. The number of carbonyl (C=O) groups is 1. The van der Waals surface area contributed by atoms with E-state index < -0.39 is 0 Å². The second-order valence-corrected chi connectivity index (χ2v) is 8.05. The smallest absolute Gasteiger partial charge is 0.237 e. The Morgan fingerprint density at radius 1 is 1.07 bits per heavy atom. The molecule has 0 radical (unpaired) electrons. The quantitative estimate of drug-likeness (QED) is 0.734. The van der Waals surface area contributed by atoms with E-state index in [9.17, 15) is 4.79 Å². The first-order valence-electron chi connectivity index (χ1n) is 10.8. The molecule has 2 heterocycles. The van der Waals surface area contributed by atoms with Crippen LogP contribution in [0.3, 0.4) is 0 Å². The fraction of sp³-hybridized carbons (Fsp3) is 0.458. The van der Waals surface area contributed by atoms with Gasteiger partial charge in [0, 0.05) is 38.8 Å². The molecule has 1 atom stereocenters. The highest BCUT2D eigenvalue weighted by Crippen LogP contribution is 2.31. The summed E-state index contributed by atoms with van der Waals surface area (Å²) in [5.41, 5.74) is 2.33. The average Bonchev–Trinajstić information content (AvgIpc) is 2.79. The lowest BCUT2D eigenvalue weighted by molar-refractivity contribution is -0.134. The molecule has 0 aromatic heterocycles. The number of nitrogens with zero attached hydrogens (tertiary/aromatic N) is 3. The van der Waals surface area contributed by atoms with Gasteiger partial charge in [0.05, 0.1) is 6.54 Å². The van der Waals surface area contributed by atoms with Crippen LogP contribution in [-0.2, 0) is 11.3 Å². The number of hydrogen-bond donors (Lipinski definition) is 0. The zero-order chi connectivity index (χ0) is 20.9. The number of ether oxygens (including phenoxy) is 2. The highest BCUT2D eigenvalue weighted by Gasteiger charge is 2.29. The first-order valence-corrected chi connectivity index (χ1v) is 10.8. The third kappa shape index (κ3) is 4.77. The van der Waals surface area contributed by atoms with Gasteiger partial charge in [0.15, 0.2) is 11.5 Å². The van der Waals surface area contributed by atoms with Gasteiger partial charge < -0.3 is 19.3 Å². The Hall–Kier alpha value is -2.57. The number of benzene rings is 2. The number of carbonyl (C=O) groups excluding carboxylic acids is 1. The van der Waals surface area contributed by atoms with Crippen molar-refractivity contribution in [1.29, 1.82) is 0 Å². The van der Waals surface area contributed by atoms with Crippen LogP contribution >= 0.6 is 0 Å². The van der Waals surface area contributed by atoms with Crippen molar-refractivity contribution in [2.75, 3.05) is 53.0 Å². The van der Waals surface area contributed by atoms with Gasteiger partial charge in [0.1, 0.15) is 13.2 Å². The van der Waals surface area contributed by atoms with Gasteiger partial charge in [-0.3, -0.25) is 9.69 Å². The van der Waals surface area contributed by atoms with Crippen LogP contribution in [0.5, 0.6) is 11.5 Å². The van der Waals surface area contributed by atoms with Crippen molar-refractivity contribution in [3.05, 3.63) is 59.7 Å². The summed E-state index contributed by atoms with van der Waals surface area (Å²) in [5, 5.41) is 0. The number of piperazine rings is 1. The van der Waals surface area contributed by atoms with Crippen molar-refractivity contribution in [2.24, 2.45) is 0 Å². The highest BCUT2D eigenvalue weighted by atomic mass is 16.6. The molecule has 0 N–H and O–H groups in total. The summed E-state index contributed by atoms with van der Waals surface area (Å²) in [4.78, 5) is 19.8. The lowest BCUT2D eigenvalue weighted by Gasteiger charge is -2.40. The van der Waals surface area contributed by atoms with Crippen molar-refractivity contribution >= 4 is 5.91 Å². The van der Waals surface area contributed by atoms with Crippen molar-refractivity contribution in [3.8, 4) is 11.5 Å². The third-order valence-corrected chi connectivity index (χ3v) is 5.93. The molecule has 1 amide bonds. The standard InChI is InChI=1S/C24H31N3O3/c1-3-26(16-19-9-10-22-23(15-19)30-14-13-29-22)24(28)18-27-12-11-25(2)17-21(27)20-7-5-4-6-8-20/h4-10,15,21H,3,11-14,16-18H2,1-2H3. The van der Waals surface area contributed by atoms with Gasteiger partial charge in [-0.25, -0.2) is 0 Å². The number of hydrogen-bond acceptors (Lipinski definition) is 5. The predicted octanol–water partition coefficient (Wildman–Crippen LogP) is 2.80. The first kappa shape index (κ1) is 20.7. The SMILES string of the molecule is CCN(Cc1ccc2c(c1)OCCO2)C(=O)CN1CCN(C)CC1c1ccccc1. The zero-order valence-electron chi connectivity index (χ0n) is 17.9. The van der Waals surface area contributed by atoms with E-state index in [1.54, 1.807) is 0 Å². The monoisotopic (exact) mass is 409 g/mol. The third-order valence-electron chi connectivity index (χ3n) is 5.93. The van der Waals surface area contributed by atoms with E-state index in [0.717, 1.165) is 36.7 Å². The van der Waals surface area contributed by atoms with Crippen molar-refractivity contribution < 1.29 is 14.3 Å². The minimum atomic E-state index is 0.165. The van der Waals surface area contributed by atoms with Gasteiger partial charge >= 0.3 is 0 Å². The van der Waals surface area contributed by atoms with E-state index in [2.05, 4.69) is 41.1 Å². The summed E-state index contributed by atoms with van der Waals surface area (Å²) in [6.07, 6.45) is 0. The van der Waals surface area contributed by atoms with E-state index in [0.29, 0.717) is 32.8 Å². The normalized spacial score (nSPS) is 19.5. The molecule has 0 spiro atoms. The molecule has 0 bridgehead atoms. The molecule has 4 rings (SSSR count). The summed E-state index contributed by atoms with van der Waals surface area (Å²) in [7, 11) is 2.15. The van der Waals surface area contributed by atoms with E-state index in [4.69, 9.17) is 9.47 Å². The molecular formula is C24H31N3O3. The van der Waals surface area contributed by atoms with E-state index in [-0.39, 0.29) is 11.9 Å². The predicted molar refractivity (Wildman–Crippen MR) is 117 cm³/mol. The van der Waals surface area contributed by atoms with Crippen LogP contribution in [0.1, 0.15) is 24.1 Å². The Morgan fingerprint density at radius 3 is 2.60 bits per heavy atom. The molecule has 1 fully saturated rings. The van der Waals surface area contributed by atoms with Gasteiger partial charge in [-0.05, 0) is 37.2 Å². The lowest BCUT2D eigenvalue weighted by atomic mass is 10.0. The Balaban J connectivity index is 1.44.